The topological polar surface area (TPSA) is 43.8 Å². The first kappa shape index (κ1) is 11.0. The minimum Gasteiger partial charge on any atom is -0.382 e. The van der Waals surface area contributed by atoms with Gasteiger partial charge in [-0.05, 0) is 12.5 Å². The standard InChI is InChI=1S/C12H14ClN3/c1-3-8-11(16(2)15-12(8)14)9-6-4-5-7-10(9)13/h4-7H,3H2,1-2H3,(H2,14,15). The maximum atomic E-state index is 6.19. The lowest BCUT2D eigenvalue weighted by molar-refractivity contribution is 0.779. The largest absolute Gasteiger partial charge is 0.382 e. The van der Waals surface area contributed by atoms with Crippen molar-refractivity contribution in [3.05, 3.63) is 34.9 Å². The lowest BCUT2D eigenvalue weighted by atomic mass is 10.1. The summed E-state index contributed by atoms with van der Waals surface area (Å²) < 4.78 is 1.79. The molecule has 1 aromatic carbocycles. The third-order valence-corrected chi connectivity index (χ3v) is 2.99. The smallest absolute Gasteiger partial charge is 0.149 e. The molecule has 0 atom stereocenters. The number of benzene rings is 1. The highest BCUT2D eigenvalue weighted by atomic mass is 35.5. The van der Waals surface area contributed by atoms with Gasteiger partial charge in [-0.25, -0.2) is 0 Å². The van der Waals surface area contributed by atoms with Crippen molar-refractivity contribution in [3.63, 3.8) is 0 Å². The van der Waals surface area contributed by atoms with Crippen molar-refractivity contribution in [1.82, 2.24) is 9.78 Å². The molecule has 2 rings (SSSR count). The molecular weight excluding hydrogens is 222 g/mol. The summed E-state index contributed by atoms with van der Waals surface area (Å²) in [5.41, 5.74) is 8.90. The predicted octanol–water partition coefficient (Wildman–Crippen LogP) is 2.89. The molecule has 16 heavy (non-hydrogen) atoms. The Morgan fingerprint density at radius 2 is 2.06 bits per heavy atom. The molecule has 0 amide bonds. The summed E-state index contributed by atoms with van der Waals surface area (Å²) in [6, 6.07) is 7.73. The second-order valence-electron chi connectivity index (χ2n) is 3.67. The number of aryl methyl sites for hydroxylation is 1. The third-order valence-electron chi connectivity index (χ3n) is 2.66. The summed E-state index contributed by atoms with van der Waals surface area (Å²) >= 11 is 6.19. The Bertz CT molecular complexity index is 517. The quantitative estimate of drug-likeness (QED) is 0.870. The lowest BCUT2D eigenvalue weighted by Gasteiger charge is -2.06. The molecule has 0 radical (unpaired) electrons. The molecule has 0 aliphatic heterocycles. The normalized spacial score (nSPS) is 10.7. The van der Waals surface area contributed by atoms with Gasteiger partial charge >= 0.3 is 0 Å². The molecule has 0 unspecified atom stereocenters. The maximum absolute atomic E-state index is 6.19. The SMILES string of the molecule is CCc1c(N)nn(C)c1-c1ccccc1Cl. The van der Waals surface area contributed by atoms with Crippen molar-refractivity contribution in [2.75, 3.05) is 5.73 Å². The van der Waals surface area contributed by atoms with E-state index in [0.29, 0.717) is 5.82 Å². The van der Waals surface area contributed by atoms with Crippen LogP contribution in [0.15, 0.2) is 24.3 Å². The number of halogens is 1. The van der Waals surface area contributed by atoms with Crippen LogP contribution < -0.4 is 5.73 Å². The highest BCUT2D eigenvalue weighted by Crippen LogP contribution is 2.32. The first-order chi connectivity index (χ1) is 7.65. The summed E-state index contributed by atoms with van der Waals surface area (Å²) in [6.07, 6.45) is 0.847. The molecular formula is C12H14ClN3. The highest BCUT2D eigenvalue weighted by molar-refractivity contribution is 6.33. The van der Waals surface area contributed by atoms with Crippen LogP contribution in [0.5, 0.6) is 0 Å². The molecule has 0 saturated carbocycles. The summed E-state index contributed by atoms with van der Waals surface area (Å²) in [5, 5.41) is 4.96. The van der Waals surface area contributed by atoms with E-state index in [4.69, 9.17) is 17.3 Å². The zero-order valence-corrected chi connectivity index (χ0v) is 10.1. The van der Waals surface area contributed by atoms with Crippen molar-refractivity contribution < 1.29 is 0 Å². The average molecular weight is 236 g/mol. The number of hydrogen-bond acceptors (Lipinski definition) is 2. The van der Waals surface area contributed by atoms with Crippen molar-refractivity contribution in [3.8, 4) is 11.3 Å². The van der Waals surface area contributed by atoms with Crippen LogP contribution in [0.4, 0.5) is 5.82 Å². The molecule has 2 aromatic rings. The summed E-state index contributed by atoms with van der Waals surface area (Å²) in [4.78, 5) is 0. The molecule has 2 N–H and O–H groups in total. The molecule has 4 heteroatoms. The van der Waals surface area contributed by atoms with Crippen molar-refractivity contribution in [2.45, 2.75) is 13.3 Å². The molecule has 0 fully saturated rings. The first-order valence-corrected chi connectivity index (χ1v) is 5.59. The Hall–Kier alpha value is -1.48. The fourth-order valence-electron chi connectivity index (χ4n) is 1.93. The van der Waals surface area contributed by atoms with Gasteiger partial charge in [-0.1, -0.05) is 36.7 Å². The number of hydrogen-bond donors (Lipinski definition) is 1. The Labute approximate surface area is 99.8 Å². The van der Waals surface area contributed by atoms with E-state index < -0.39 is 0 Å². The molecule has 0 bridgehead atoms. The van der Waals surface area contributed by atoms with Gasteiger partial charge in [-0.15, -0.1) is 0 Å². The van der Waals surface area contributed by atoms with E-state index in [0.717, 1.165) is 28.3 Å². The molecule has 0 saturated heterocycles. The third kappa shape index (κ3) is 1.67. The Morgan fingerprint density at radius 1 is 1.38 bits per heavy atom. The zero-order chi connectivity index (χ0) is 11.7. The van der Waals surface area contributed by atoms with E-state index >= 15 is 0 Å². The highest BCUT2D eigenvalue weighted by Gasteiger charge is 2.15. The van der Waals surface area contributed by atoms with Gasteiger partial charge in [-0.2, -0.15) is 5.10 Å². The van der Waals surface area contributed by atoms with E-state index in [1.807, 2.05) is 31.3 Å². The molecule has 0 aliphatic rings. The Balaban J connectivity index is 2.69. The van der Waals surface area contributed by atoms with Gasteiger partial charge in [-0.3, -0.25) is 4.68 Å². The minimum atomic E-state index is 0.583. The van der Waals surface area contributed by atoms with Crippen LogP contribution in [-0.2, 0) is 13.5 Å². The number of nitrogen functional groups attached to an aromatic ring is 1. The van der Waals surface area contributed by atoms with Gasteiger partial charge < -0.3 is 5.73 Å². The second-order valence-corrected chi connectivity index (χ2v) is 4.08. The fraction of sp³-hybridized carbons (Fsp3) is 0.250. The number of aromatic nitrogens is 2. The molecule has 84 valence electrons. The van der Waals surface area contributed by atoms with Crippen LogP contribution in [0.25, 0.3) is 11.3 Å². The van der Waals surface area contributed by atoms with Crippen LogP contribution in [0.3, 0.4) is 0 Å². The van der Waals surface area contributed by atoms with Crippen LogP contribution >= 0.6 is 11.6 Å². The fourth-order valence-corrected chi connectivity index (χ4v) is 2.15. The molecule has 0 aliphatic carbocycles. The second kappa shape index (κ2) is 4.18. The van der Waals surface area contributed by atoms with Crippen LogP contribution in [-0.4, -0.2) is 9.78 Å². The average Bonchev–Trinajstić information content (AvgIpc) is 2.54. The van der Waals surface area contributed by atoms with Gasteiger partial charge in [0, 0.05) is 23.2 Å². The van der Waals surface area contributed by atoms with E-state index in [1.165, 1.54) is 0 Å². The van der Waals surface area contributed by atoms with Gasteiger partial charge in [0.25, 0.3) is 0 Å². The van der Waals surface area contributed by atoms with Crippen LogP contribution in [0.2, 0.25) is 5.02 Å². The number of rotatable bonds is 2. The molecule has 3 nitrogen and oxygen atoms in total. The minimum absolute atomic E-state index is 0.583. The number of nitrogens with zero attached hydrogens (tertiary/aromatic N) is 2. The zero-order valence-electron chi connectivity index (χ0n) is 9.37. The summed E-state index contributed by atoms with van der Waals surface area (Å²) in [7, 11) is 1.88. The van der Waals surface area contributed by atoms with E-state index in [2.05, 4.69) is 12.0 Å². The van der Waals surface area contributed by atoms with E-state index in [-0.39, 0.29) is 0 Å². The summed E-state index contributed by atoms with van der Waals surface area (Å²) in [5.74, 6) is 0.583. The van der Waals surface area contributed by atoms with Crippen molar-refractivity contribution in [1.29, 1.82) is 0 Å². The van der Waals surface area contributed by atoms with Crippen molar-refractivity contribution >= 4 is 17.4 Å². The molecule has 1 heterocycles. The van der Waals surface area contributed by atoms with Gasteiger partial charge in [0.05, 0.1) is 5.69 Å². The number of anilines is 1. The van der Waals surface area contributed by atoms with Crippen LogP contribution in [0.1, 0.15) is 12.5 Å². The monoisotopic (exact) mass is 235 g/mol. The molecule has 1 aromatic heterocycles. The molecule has 0 spiro atoms. The van der Waals surface area contributed by atoms with Crippen molar-refractivity contribution in [2.24, 2.45) is 7.05 Å². The Morgan fingerprint density at radius 3 is 2.69 bits per heavy atom. The maximum Gasteiger partial charge on any atom is 0.149 e. The summed E-state index contributed by atoms with van der Waals surface area (Å²) in [6.45, 7) is 2.06. The van der Waals surface area contributed by atoms with Crippen LogP contribution in [0, 0.1) is 0 Å². The van der Waals surface area contributed by atoms with Gasteiger partial charge in [0.2, 0.25) is 0 Å². The predicted molar refractivity (Wildman–Crippen MR) is 67.4 cm³/mol. The van der Waals surface area contributed by atoms with E-state index in [1.54, 1.807) is 4.68 Å². The van der Waals surface area contributed by atoms with Gasteiger partial charge in [0.15, 0.2) is 0 Å². The number of nitrogens with two attached hydrogens (primary N) is 1. The Kier molecular flexibility index (Phi) is 2.88. The first-order valence-electron chi connectivity index (χ1n) is 5.21. The lowest BCUT2D eigenvalue weighted by Crippen LogP contribution is -1.95. The van der Waals surface area contributed by atoms with Gasteiger partial charge in [0.1, 0.15) is 5.82 Å². The van der Waals surface area contributed by atoms with E-state index in [9.17, 15) is 0 Å².